The third kappa shape index (κ3) is 3.58. The Hall–Kier alpha value is -0.830. The summed E-state index contributed by atoms with van der Waals surface area (Å²) < 4.78 is 0. The van der Waals surface area contributed by atoms with Crippen LogP contribution in [0.1, 0.15) is 30.4 Å². The molecular formula is C15H20BrNO. The molecule has 0 atom stereocenters. The van der Waals surface area contributed by atoms with Crippen LogP contribution in [0.15, 0.2) is 24.3 Å². The van der Waals surface area contributed by atoms with Crippen molar-refractivity contribution in [3.63, 3.8) is 0 Å². The van der Waals surface area contributed by atoms with Crippen molar-refractivity contribution in [2.75, 3.05) is 18.4 Å². The van der Waals surface area contributed by atoms with Gasteiger partial charge in [-0.3, -0.25) is 4.79 Å². The van der Waals surface area contributed by atoms with Crippen LogP contribution in [0.4, 0.5) is 0 Å². The third-order valence-electron chi connectivity index (χ3n) is 3.55. The van der Waals surface area contributed by atoms with E-state index in [1.807, 2.05) is 4.90 Å². The lowest BCUT2D eigenvalue weighted by molar-refractivity contribution is -0.131. The second-order valence-electron chi connectivity index (χ2n) is 4.80. The van der Waals surface area contributed by atoms with E-state index >= 15 is 0 Å². The van der Waals surface area contributed by atoms with E-state index in [-0.39, 0.29) is 0 Å². The number of hydrogen-bond donors (Lipinski definition) is 0. The average molecular weight is 310 g/mol. The summed E-state index contributed by atoms with van der Waals surface area (Å²) >= 11 is 3.40. The maximum absolute atomic E-state index is 12.1. The van der Waals surface area contributed by atoms with Gasteiger partial charge >= 0.3 is 0 Å². The molecule has 0 aliphatic carbocycles. The molecule has 0 radical (unpaired) electrons. The van der Waals surface area contributed by atoms with Crippen molar-refractivity contribution in [1.82, 2.24) is 4.90 Å². The van der Waals surface area contributed by atoms with Gasteiger partial charge in [-0.2, -0.15) is 0 Å². The number of fused-ring (bicyclic) bond motifs is 1. The monoisotopic (exact) mass is 309 g/mol. The van der Waals surface area contributed by atoms with Crippen LogP contribution in [-0.2, 0) is 17.6 Å². The molecule has 0 unspecified atom stereocenters. The first-order valence-corrected chi connectivity index (χ1v) is 7.84. The Bertz CT molecular complexity index is 378. The maximum atomic E-state index is 12.1. The first-order chi connectivity index (χ1) is 8.81. The van der Waals surface area contributed by atoms with E-state index in [4.69, 9.17) is 0 Å². The zero-order chi connectivity index (χ0) is 12.8. The van der Waals surface area contributed by atoms with Crippen LogP contribution in [0, 0.1) is 0 Å². The summed E-state index contributed by atoms with van der Waals surface area (Å²) in [5.41, 5.74) is 2.82. The van der Waals surface area contributed by atoms with Crippen LogP contribution in [0.5, 0.6) is 0 Å². The highest BCUT2D eigenvalue weighted by Gasteiger charge is 2.17. The Balaban J connectivity index is 1.89. The number of unbranched alkanes of at least 4 members (excludes halogenated alkanes) is 1. The molecule has 2 nitrogen and oxygen atoms in total. The molecule has 1 aromatic carbocycles. The molecule has 0 fully saturated rings. The summed E-state index contributed by atoms with van der Waals surface area (Å²) in [6.45, 7) is 1.76. The number of halogens is 1. The summed E-state index contributed by atoms with van der Waals surface area (Å²) in [7, 11) is 0. The SMILES string of the molecule is O=C(CCCCBr)N1CCc2ccccc2CC1. The van der Waals surface area contributed by atoms with Gasteiger partial charge in [-0.1, -0.05) is 40.2 Å². The number of alkyl halides is 1. The standard InChI is InChI=1S/C15H20BrNO/c16-10-4-3-7-15(18)17-11-8-13-5-1-2-6-14(13)9-12-17/h1-2,5-6H,3-4,7-12H2. The van der Waals surface area contributed by atoms with E-state index in [2.05, 4.69) is 40.2 Å². The quantitative estimate of drug-likeness (QED) is 0.618. The molecule has 0 N–H and O–H groups in total. The lowest BCUT2D eigenvalue weighted by atomic mass is 10.0. The Morgan fingerprint density at radius 2 is 1.72 bits per heavy atom. The van der Waals surface area contributed by atoms with Gasteiger partial charge in [-0.15, -0.1) is 0 Å². The van der Waals surface area contributed by atoms with Crippen LogP contribution >= 0.6 is 15.9 Å². The highest BCUT2D eigenvalue weighted by Crippen LogP contribution is 2.16. The van der Waals surface area contributed by atoms with Gasteiger partial charge in [0, 0.05) is 24.8 Å². The minimum Gasteiger partial charge on any atom is -0.342 e. The van der Waals surface area contributed by atoms with E-state index in [1.54, 1.807) is 0 Å². The Kier molecular flexibility index (Phi) is 5.24. The van der Waals surface area contributed by atoms with Crippen LogP contribution in [0.3, 0.4) is 0 Å². The molecule has 98 valence electrons. The van der Waals surface area contributed by atoms with E-state index in [0.29, 0.717) is 12.3 Å². The first-order valence-electron chi connectivity index (χ1n) is 6.72. The van der Waals surface area contributed by atoms with Gasteiger partial charge in [0.25, 0.3) is 0 Å². The summed E-state index contributed by atoms with van der Waals surface area (Å²) in [4.78, 5) is 14.1. The first kappa shape index (κ1) is 13.6. The molecule has 2 rings (SSSR count). The second-order valence-corrected chi connectivity index (χ2v) is 5.59. The van der Waals surface area contributed by atoms with Crippen molar-refractivity contribution in [3.05, 3.63) is 35.4 Å². The Morgan fingerprint density at radius 3 is 2.28 bits per heavy atom. The average Bonchev–Trinajstić information content (AvgIpc) is 2.61. The van der Waals surface area contributed by atoms with Gasteiger partial charge in [0.15, 0.2) is 0 Å². The van der Waals surface area contributed by atoms with Gasteiger partial charge in [0.05, 0.1) is 0 Å². The van der Waals surface area contributed by atoms with Gasteiger partial charge < -0.3 is 4.90 Å². The molecule has 0 saturated carbocycles. The number of rotatable bonds is 4. The normalized spacial score (nSPS) is 15.1. The number of amides is 1. The molecule has 0 spiro atoms. The van der Waals surface area contributed by atoms with Crippen molar-refractivity contribution in [2.24, 2.45) is 0 Å². The Labute approximate surface area is 117 Å². The van der Waals surface area contributed by atoms with Crippen LogP contribution in [-0.4, -0.2) is 29.2 Å². The summed E-state index contributed by atoms with van der Waals surface area (Å²) in [5, 5.41) is 0.992. The third-order valence-corrected chi connectivity index (χ3v) is 4.11. The molecule has 1 aliphatic heterocycles. The van der Waals surface area contributed by atoms with Crippen molar-refractivity contribution in [3.8, 4) is 0 Å². The molecule has 0 aromatic heterocycles. The topological polar surface area (TPSA) is 20.3 Å². The van der Waals surface area contributed by atoms with Crippen LogP contribution in [0.25, 0.3) is 0 Å². The van der Waals surface area contributed by atoms with E-state index < -0.39 is 0 Å². The minimum absolute atomic E-state index is 0.323. The largest absolute Gasteiger partial charge is 0.342 e. The molecular weight excluding hydrogens is 290 g/mol. The molecule has 1 aromatic rings. The number of carbonyl (C=O) groups is 1. The van der Waals surface area contributed by atoms with Gasteiger partial charge in [-0.05, 0) is 36.8 Å². The number of benzene rings is 1. The van der Waals surface area contributed by atoms with E-state index in [0.717, 1.165) is 44.1 Å². The molecule has 18 heavy (non-hydrogen) atoms. The number of hydrogen-bond acceptors (Lipinski definition) is 1. The van der Waals surface area contributed by atoms with Gasteiger partial charge in [-0.25, -0.2) is 0 Å². The fraction of sp³-hybridized carbons (Fsp3) is 0.533. The summed E-state index contributed by atoms with van der Waals surface area (Å²) in [6, 6.07) is 8.56. The predicted octanol–water partition coefficient (Wildman–Crippen LogP) is 3.18. The van der Waals surface area contributed by atoms with Crippen LogP contribution < -0.4 is 0 Å². The van der Waals surface area contributed by atoms with Crippen molar-refractivity contribution >= 4 is 21.8 Å². The zero-order valence-electron chi connectivity index (χ0n) is 10.7. The minimum atomic E-state index is 0.323. The zero-order valence-corrected chi connectivity index (χ0v) is 12.3. The van der Waals surface area contributed by atoms with E-state index in [9.17, 15) is 4.79 Å². The summed E-state index contributed by atoms with van der Waals surface area (Å²) in [6.07, 6.45) is 4.77. The summed E-state index contributed by atoms with van der Waals surface area (Å²) in [5.74, 6) is 0.323. The Morgan fingerprint density at radius 1 is 1.11 bits per heavy atom. The molecule has 1 amide bonds. The lowest BCUT2D eigenvalue weighted by Gasteiger charge is -2.20. The van der Waals surface area contributed by atoms with Gasteiger partial charge in [0.2, 0.25) is 5.91 Å². The smallest absolute Gasteiger partial charge is 0.222 e. The van der Waals surface area contributed by atoms with Gasteiger partial charge in [0.1, 0.15) is 0 Å². The molecule has 1 aliphatic rings. The fourth-order valence-corrected chi connectivity index (χ4v) is 2.84. The van der Waals surface area contributed by atoms with Crippen molar-refractivity contribution < 1.29 is 4.79 Å². The molecule has 3 heteroatoms. The number of carbonyl (C=O) groups excluding carboxylic acids is 1. The highest BCUT2D eigenvalue weighted by atomic mass is 79.9. The molecule has 0 saturated heterocycles. The van der Waals surface area contributed by atoms with Crippen molar-refractivity contribution in [1.29, 1.82) is 0 Å². The molecule has 1 heterocycles. The second kappa shape index (κ2) is 6.93. The van der Waals surface area contributed by atoms with Crippen molar-refractivity contribution in [2.45, 2.75) is 32.1 Å². The predicted molar refractivity (Wildman–Crippen MR) is 78.1 cm³/mol. The van der Waals surface area contributed by atoms with E-state index in [1.165, 1.54) is 11.1 Å². The highest BCUT2D eigenvalue weighted by molar-refractivity contribution is 9.09. The molecule has 0 bridgehead atoms. The number of nitrogens with zero attached hydrogens (tertiary/aromatic N) is 1. The van der Waals surface area contributed by atoms with Crippen LogP contribution in [0.2, 0.25) is 0 Å². The lowest BCUT2D eigenvalue weighted by Crippen LogP contribution is -2.33. The maximum Gasteiger partial charge on any atom is 0.222 e. The fourth-order valence-electron chi connectivity index (χ4n) is 2.45.